The summed E-state index contributed by atoms with van der Waals surface area (Å²) < 4.78 is 38.8. The highest BCUT2D eigenvalue weighted by Crippen LogP contribution is 2.23. The monoisotopic (exact) mass is 593 g/mol. The lowest BCUT2D eigenvalue weighted by Crippen LogP contribution is -2.49. The van der Waals surface area contributed by atoms with Gasteiger partial charge in [0.1, 0.15) is 24.2 Å². The van der Waals surface area contributed by atoms with Crippen molar-refractivity contribution in [1.29, 1.82) is 0 Å². The molecule has 1 aliphatic rings. The number of carboxylic acids is 1. The summed E-state index contributed by atoms with van der Waals surface area (Å²) in [4.78, 5) is 41.3. The van der Waals surface area contributed by atoms with Crippen LogP contribution in [0.25, 0.3) is 0 Å². The average molecular weight is 594 g/mol. The number of sulfonamides is 1. The lowest BCUT2D eigenvalue weighted by molar-refractivity contribution is -0.139. The van der Waals surface area contributed by atoms with Gasteiger partial charge in [-0.15, -0.1) is 0 Å². The summed E-state index contributed by atoms with van der Waals surface area (Å²) >= 11 is 0. The molecule has 224 valence electrons. The van der Waals surface area contributed by atoms with Crippen LogP contribution in [0.4, 0.5) is 10.6 Å². The number of amides is 2. The summed E-state index contributed by atoms with van der Waals surface area (Å²) in [6, 6.07) is 4.64. The summed E-state index contributed by atoms with van der Waals surface area (Å²) in [5, 5.41) is 24.6. The van der Waals surface area contributed by atoms with Crippen LogP contribution >= 0.6 is 0 Å². The summed E-state index contributed by atoms with van der Waals surface area (Å²) in [6.07, 6.45) is 0.146. The van der Waals surface area contributed by atoms with Gasteiger partial charge in [-0.05, 0) is 44.4 Å². The zero-order valence-corrected chi connectivity index (χ0v) is 24.0. The van der Waals surface area contributed by atoms with Crippen molar-refractivity contribution < 1.29 is 42.5 Å². The predicted octanol–water partition coefficient (Wildman–Crippen LogP) is 1.11. The Morgan fingerprint density at radius 2 is 1.83 bits per heavy atom. The Balaban J connectivity index is 1.53. The second-order valence-electron chi connectivity index (χ2n) is 9.76. The van der Waals surface area contributed by atoms with E-state index in [0.717, 1.165) is 5.56 Å². The molecule has 1 aliphatic heterocycles. The topological polar surface area (TPSA) is 196 Å². The van der Waals surface area contributed by atoms with Crippen LogP contribution in [0.5, 0.6) is 5.75 Å². The average Bonchev–Trinajstić information content (AvgIpc) is 3.31. The maximum atomic E-state index is 13.0. The van der Waals surface area contributed by atoms with Crippen LogP contribution in [0.2, 0.25) is 0 Å². The third kappa shape index (κ3) is 8.52. The molecule has 1 aromatic heterocycles. The summed E-state index contributed by atoms with van der Waals surface area (Å²) in [7, 11) is -2.68. The molecule has 0 radical (unpaired) electrons. The molecule has 2 aromatic rings. The fourth-order valence-electron chi connectivity index (χ4n) is 4.76. The SMILES string of the molecule is COc1ccnc(NCC2CC(OCC(=O)NCC(NS(=O)(=O)c3c(C)cc(C)cc3C)C(=O)O)CN2C(=O)O)c1. The van der Waals surface area contributed by atoms with E-state index in [1.54, 1.807) is 44.3 Å². The van der Waals surface area contributed by atoms with Crippen LogP contribution < -0.4 is 20.1 Å². The molecule has 0 saturated carbocycles. The third-order valence-corrected chi connectivity index (χ3v) is 8.31. The van der Waals surface area contributed by atoms with Crippen molar-refractivity contribution >= 4 is 33.8 Å². The second kappa shape index (κ2) is 13.6. The summed E-state index contributed by atoms with van der Waals surface area (Å²) in [6.45, 7) is 4.36. The van der Waals surface area contributed by atoms with E-state index in [0.29, 0.717) is 29.1 Å². The number of benzene rings is 1. The normalized spacial score (nSPS) is 17.6. The highest BCUT2D eigenvalue weighted by molar-refractivity contribution is 7.89. The van der Waals surface area contributed by atoms with Gasteiger partial charge >= 0.3 is 12.1 Å². The smallest absolute Gasteiger partial charge is 0.407 e. The van der Waals surface area contributed by atoms with Crippen LogP contribution in [0.3, 0.4) is 0 Å². The van der Waals surface area contributed by atoms with Crippen LogP contribution in [0.1, 0.15) is 23.1 Å². The third-order valence-electron chi connectivity index (χ3n) is 6.53. The molecule has 2 heterocycles. The number of rotatable bonds is 13. The lowest BCUT2D eigenvalue weighted by atomic mass is 10.1. The standard InChI is InChI=1S/C26H35N5O9S/c1-15-7-16(2)24(17(3)8-15)41(37,38)30-21(25(33)34)12-29-23(32)14-40-20-9-18(31(13-20)26(35)36)11-28-22-10-19(39-4)5-6-27-22/h5-8,10,18,20-21,30H,9,11-14H2,1-4H3,(H,27,28)(H,29,32)(H,33,34)(H,35,36). The van der Waals surface area contributed by atoms with Crippen molar-refractivity contribution in [3.8, 4) is 5.75 Å². The molecule has 1 saturated heterocycles. The number of anilines is 1. The number of hydrogen-bond donors (Lipinski definition) is 5. The maximum Gasteiger partial charge on any atom is 0.407 e. The number of hydrogen-bond acceptors (Lipinski definition) is 9. The number of aryl methyl sites for hydroxylation is 3. The van der Waals surface area contributed by atoms with Crippen molar-refractivity contribution in [3.05, 3.63) is 47.2 Å². The first kappa shape index (κ1) is 31.6. The van der Waals surface area contributed by atoms with E-state index in [1.807, 2.05) is 6.92 Å². The van der Waals surface area contributed by atoms with Crippen molar-refractivity contribution in [1.82, 2.24) is 19.9 Å². The van der Waals surface area contributed by atoms with Crippen molar-refractivity contribution in [2.75, 3.05) is 38.7 Å². The van der Waals surface area contributed by atoms with E-state index in [1.165, 1.54) is 12.0 Å². The fraction of sp³-hybridized carbons (Fsp3) is 0.462. The number of methoxy groups -OCH3 is 1. The quantitative estimate of drug-likeness (QED) is 0.223. The van der Waals surface area contributed by atoms with Gasteiger partial charge in [-0.25, -0.2) is 18.2 Å². The Bertz CT molecular complexity index is 1360. The first-order valence-electron chi connectivity index (χ1n) is 12.8. The number of carbonyl (C=O) groups excluding carboxylic acids is 1. The first-order valence-corrected chi connectivity index (χ1v) is 14.2. The number of aromatic nitrogens is 1. The molecule has 3 unspecified atom stereocenters. The van der Waals surface area contributed by atoms with E-state index in [2.05, 4.69) is 20.3 Å². The Morgan fingerprint density at radius 3 is 2.44 bits per heavy atom. The zero-order chi connectivity index (χ0) is 30.3. The molecule has 1 fully saturated rings. The highest BCUT2D eigenvalue weighted by atomic mass is 32.2. The molecule has 0 bridgehead atoms. The van der Waals surface area contributed by atoms with Crippen LogP contribution in [-0.2, 0) is 24.3 Å². The number of pyridine rings is 1. The van der Waals surface area contributed by atoms with Gasteiger partial charge in [-0.1, -0.05) is 17.7 Å². The molecule has 3 rings (SSSR count). The molecule has 1 aromatic carbocycles. The summed E-state index contributed by atoms with van der Waals surface area (Å²) in [5.41, 5.74) is 1.81. The number of nitrogens with zero attached hydrogens (tertiary/aromatic N) is 2. The number of carbonyl (C=O) groups is 3. The zero-order valence-electron chi connectivity index (χ0n) is 23.2. The van der Waals surface area contributed by atoms with Crippen LogP contribution in [0.15, 0.2) is 35.4 Å². The first-order chi connectivity index (χ1) is 19.3. The van der Waals surface area contributed by atoms with Crippen LogP contribution in [-0.4, -0.2) is 98.0 Å². The number of likely N-dealkylation sites (tertiary alicyclic amines) is 1. The van der Waals surface area contributed by atoms with Gasteiger partial charge in [0.2, 0.25) is 15.9 Å². The highest BCUT2D eigenvalue weighted by Gasteiger charge is 2.36. The Morgan fingerprint density at radius 1 is 1.15 bits per heavy atom. The van der Waals surface area contributed by atoms with Crippen molar-refractivity contribution in [2.45, 2.75) is 50.3 Å². The number of nitrogens with one attached hydrogen (secondary N) is 3. The van der Waals surface area contributed by atoms with Crippen LogP contribution in [0, 0.1) is 20.8 Å². The van der Waals surface area contributed by atoms with Gasteiger partial charge in [0.25, 0.3) is 0 Å². The molecular formula is C26H35N5O9S. The second-order valence-corrected chi connectivity index (χ2v) is 11.4. The van der Waals surface area contributed by atoms with E-state index >= 15 is 0 Å². The molecule has 0 aliphatic carbocycles. The lowest BCUT2D eigenvalue weighted by Gasteiger charge is -2.21. The molecule has 15 heteroatoms. The number of carboxylic acid groups (broad SMARTS) is 2. The van der Waals surface area contributed by atoms with E-state index in [-0.39, 0.29) is 18.0 Å². The fourth-order valence-corrected chi connectivity index (χ4v) is 6.40. The van der Waals surface area contributed by atoms with Gasteiger partial charge < -0.3 is 35.2 Å². The molecule has 5 N–H and O–H groups in total. The molecule has 0 spiro atoms. The molecule has 41 heavy (non-hydrogen) atoms. The van der Waals surface area contributed by atoms with Gasteiger partial charge in [0, 0.05) is 25.4 Å². The maximum absolute atomic E-state index is 13.0. The molecule has 14 nitrogen and oxygen atoms in total. The number of ether oxygens (including phenoxy) is 2. The van der Waals surface area contributed by atoms with E-state index in [4.69, 9.17) is 9.47 Å². The largest absolute Gasteiger partial charge is 0.497 e. The van der Waals surface area contributed by atoms with Gasteiger partial charge in [-0.3, -0.25) is 9.59 Å². The van der Waals surface area contributed by atoms with E-state index in [9.17, 15) is 33.0 Å². The Kier molecular flexibility index (Phi) is 10.5. The number of aliphatic carboxylic acids is 1. The molecule has 3 atom stereocenters. The predicted molar refractivity (Wildman–Crippen MR) is 148 cm³/mol. The Hall–Kier alpha value is -3.95. The minimum atomic E-state index is -4.20. The van der Waals surface area contributed by atoms with Crippen molar-refractivity contribution in [3.63, 3.8) is 0 Å². The van der Waals surface area contributed by atoms with E-state index < -0.39 is 59.3 Å². The van der Waals surface area contributed by atoms with Gasteiger partial charge in [0.15, 0.2) is 0 Å². The molecule has 2 amide bonds. The minimum absolute atomic E-state index is 0.0144. The minimum Gasteiger partial charge on any atom is -0.497 e. The molecular weight excluding hydrogens is 558 g/mol. The van der Waals surface area contributed by atoms with Crippen molar-refractivity contribution in [2.24, 2.45) is 0 Å². The van der Waals surface area contributed by atoms with Gasteiger partial charge in [0.05, 0.1) is 30.7 Å². The summed E-state index contributed by atoms with van der Waals surface area (Å²) in [5.74, 6) is -1.04. The Labute approximate surface area is 238 Å². The van der Waals surface area contributed by atoms with Gasteiger partial charge in [-0.2, -0.15) is 4.72 Å².